The van der Waals surface area contributed by atoms with E-state index in [0.717, 1.165) is 37.0 Å². The Morgan fingerprint density at radius 1 is 0.968 bits per heavy atom. The maximum absolute atomic E-state index is 13.1. The summed E-state index contributed by atoms with van der Waals surface area (Å²) in [6.07, 6.45) is 7.09. The number of hydrogen-bond donors (Lipinski definition) is 2. The van der Waals surface area contributed by atoms with Gasteiger partial charge in [0.1, 0.15) is 5.75 Å². The van der Waals surface area contributed by atoms with Crippen molar-refractivity contribution in [1.82, 2.24) is 5.32 Å². The third-order valence-electron chi connectivity index (χ3n) is 7.17. The molecule has 0 radical (unpaired) electrons. The topological polar surface area (TPSA) is 84.5 Å². The second-order valence-electron chi connectivity index (χ2n) is 9.51. The molecule has 2 N–H and O–H groups in total. The largest absolute Gasteiger partial charge is 0.497 e. The standard InChI is InChI=1S/C24H28N2O4S/c1-30-21-7-5-20(6-8-21)26-31(28,29)22-4-2-3-19(12-22)23(27)25-24-13-16-9-17(14-24)11-18(10-16)15-24/h2-8,12,16-18,26H,9-11,13-15H2,1H3,(H,25,27). The van der Waals surface area contributed by atoms with Crippen molar-refractivity contribution in [3.05, 3.63) is 54.1 Å². The molecule has 0 aliphatic heterocycles. The van der Waals surface area contributed by atoms with E-state index in [2.05, 4.69) is 10.0 Å². The van der Waals surface area contributed by atoms with Crippen molar-refractivity contribution in [3.8, 4) is 5.75 Å². The molecular formula is C24H28N2O4S. The predicted octanol–water partition coefficient (Wildman–Crippen LogP) is 4.19. The lowest BCUT2D eigenvalue weighted by molar-refractivity contribution is -0.0167. The summed E-state index contributed by atoms with van der Waals surface area (Å²) >= 11 is 0. The van der Waals surface area contributed by atoms with E-state index in [1.807, 2.05) is 0 Å². The summed E-state index contributed by atoms with van der Waals surface area (Å²) in [5, 5.41) is 3.31. The van der Waals surface area contributed by atoms with Gasteiger partial charge in [-0.3, -0.25) is 9.52 Å². The van der Waals surface area contributed by atoms with Crippen molar-refractivity contribution in [1.29, 1.82) is 0 Å². The van der Waals surface area contributed by atoms with Gasteiger partial charge in [-0.05, 0) is 98.7 Å². The summed E-state index contributed by atoms with van der Waals surface area (Å²) in [5.41, 5.74) is 0.708. The Hall–Kier alpha value is -2.54. The number of ether oxygens (including phenoxy) is 1. The smallest absolute Gasteiger partial charge is 0.261 e. The first-order valence-electron chi connectivity index (χ1n) is 10.9. The molecule has 1 amide bonds. The zero-order valence-electron chi connectivity index (χ0n) is 17.6. The summed E-state index contributed by atoms with van der Waals surface area (Å²) < 4.78 is 33.4. The number of methoxy groups -OCH3 is 1. The molecule has 4 aliphatic carbocycles. The average molecular weight is 441 g/mol. The fourth-order valence-electron chi connectivity index (χ4n) is 6.25. The van der Waals surface area contributed by atoms with Crippen molar-refractivity contribution in [2.75, 3.05) is 11.8 Å². The Morgan fingerprint density at radius 3 is 2.16 bits per heavy atom. The quantitative estimate of drug-likeness (QED) is 0.705. The van der Waals surface area contributed by atoms with Crippen molar-refractivity contribution in [2.45, 2.75) is 49.0 Å². The number of carbonyl (C=O) groups is 1. The molecule has 6 nitrogen and oxygen atoms in total. The molecule has 4 aliphatic rings. The van der Waals surface area contributed by atoms with Crippen LogP contribution in [0.4, 0.5) is 5.69 Å². The van der Waals surface area contributed by atoms with Crippen LogP contribution in [0.25, 0.3) is 0 Å². The molecule has 0 heterocycles. The minimum Gasteiger partial charge on any atom is -0.497 e. The Kier molecular flexibility index (Phi) is 4.96. The van der Waals surface area contributed by atoms with Gasteiger partial charge in [-0.15, -0.1) is 0 Å². The molecule has 7 heteroatoms. The molecule has 2 aromatic rings. The molecule has 4 bridgehead atoms. The minimum absolute atomic E-state index is 0.0708. The van der Waals surface area contributed by atoms with Crippen molar-refractivity contribution in [2.24, 2.45) is 17.8 Å². The van der Waals surface area contributed by atoms with E-state index in [1.54, 1.807) is 43.5 Å². The third kappa shape index (κ3) is 4.03. The number of hydrogen-bond acceptors (Lipinski definition) is 4. The van der Waals surface area contributed by atoms with Gasteiger partial charge < -0.3 is 10.1 Å². The van der Waals surface area contributed by atoms with Gasteiger partial charge in [-0.25, -0.2) is 8.42 Å². The molecule has 0 aromatic heterocycles. The van der Waals surface area contributed by atoms with Crippen molar-refractivity contribution >= 4 is 21.6 Å². The Labute approximate surface area is 183 Å². The minimum atomic E-state index is -3.81. The van der Waals surface area contributed by atoms with Crippen LogP contribution in [0.2, 0.25) is 0 Å². The van der Waals surface area contributed by atoms with Crippen LogP contribution in [0.3, 0.4) is 0 Å². The van der Waals surface area contributed by atoms with Gasteiger partial charge in [0.15, 0.2) is 0 Å². The lowest BCUT2D eigenvalue weighted by Gasteiger charge is -2.56. The van der Waals surface area contributed by atoms with Gasteiger partial charge in [0.05, 0.1) is 12.0 Å². The number of nitrogens with one attached hydrogen (secondary N) is 2. The highest BCUT2D eigenvalue weighted by Crippen LogP contribution is 2.55. The molecule has 0 atom stereocenters. The Bertz CT molecular complexity index is 1060. The number of carbonyl (C=O) groups excluding carboxylic acids is 1. The van der Waals surface area contributed by atoms with Crippen LogP contribution in [-0.2, 0) is 10.0 Å². The lowest BCUT2D eigenvalue weighted by Crippen LogP contribution is -2.59. The van der Waals surface area contributed by atoms with E-state index >= 15 is 0 Å². The number of sulfonamides is 1. The lowest BCUT2D eigenvalue weighted by atomic mass is 9.53. The molecular weight excluding hydrogens is 412 g/mol. The highest BCUT2D eigenvalue weighted by molar-refractivity contribution is 7.92. The van der Waals surface area contributed by atoms with E-state index in [9.17, 15) is 13.2 Å². The van der Waals surface area contributed by atoms with Crippen LogP contribution >= 0.6 is 0 Å². The summed E-state index contributed by atoms with van der Waals surface area (Å²) in [5.74, 6) is 2.65. The van der Waals surface area contributed by atoms with E-state index in [1.165, 1.54) is 31.4 Å². The first-order valence-corrected chi connectivity index (χ1v) is 12.4. The summed E-state index contributed by atoms with van der Waals surface area (Å²) in [6.45, 7) is 0. The van der Waals surface area contributed by atoms with Crippen LogP contribution in [0.5, 0.6) is 5.75 Å². The third-order valence-corrected chi connectivity index (χ3v) is 8.54. The van der Waals surface area contributed by atoms with E-state index in [4.69, 9.17) is 4.74 Å². The van der Waals surface area contributed by atoms with E-state index in [-0.39, 0.29) is 16.3 Å². The molecule has 2 aromatic carbocycles. The van der Waals surface area contributed by atoms with Gasteiger partial charge in [-0.2, -0.15) is 0 Å². The van der Waals surface area contributed by atoms with Crippen molar-refractivity contribution < 1.29 is 17.9 Å². The summed E-state index contributed by atoms with van der Waals surface area (Å²) in [6, 6.07) is 12.9. The number of rotatable bonds is 6. The Balaban J connectivity index is 1.33. The second-order valence-corrected chi connectivity index (χ2v) is 11.2. The molecule has 0 saturated heterocycles. The SMILES string of the molecule is COc1ccc(NS(=O)(=O)c2cccc(C(=O)NC34CC5CC(CC(C5)C3)C4)c2)cc1. The molecule has 0 unspecified atom stereocenters. The van der Waals surface area contributed by atoms with Gasteiger partial charge >= 0.3 is 0 Å². The molecule has 164 valence electrons. The predicted molar refractivity (Wildman–Crippen MR) is 119 cm³/mol. The van der Waals surface area contributed by atoms with Crippen LogP contribution in [0, 0.1) is 17.8 Å². The fourth-order valence-corrected chi connectivity index (χ4v) is 7.36. The number of benzene rings is 2. The van der Waals surface area contributed by atoms with Crippen LogP contribution in [0.1, 0.15) is 48.9 Å². The van der Waals surface area contributed by atoms with E-state index in [0.29, 0.717) is 17.0 Å². The summed E-state index contributed by atoms with van der Waals surface area (Å²) in [4.78, 5) is 13.2. The van der Waals surface area contributed by atoms with Crippen LogP contribution in [0.15, 0.2) is 53.4 Å². The second kappa shape index (κ2) is 7.55. The first-order chi connectivity index (χ1) is 14.8. The highest BCUT2D eigenvalue weighted by Gasteiger charge is 2.51. The zero-order valence-corrected chi connectivity index (χ0v) is 18.5. The maximum Gasteiger partial charge on any atom is 0.261 e. The van der Waals surface area contributed by atoms with Gasteiger partial charge in [0.2, 0.25) is 0 Å². The number of anilines is 1. The Morgan fingerprint density at radius 2 is 1.58 bits per heavy atom. The normalized spacial score (nSPS) is 28.9. The molecule has 6 rings (SSSR count). The zero-order chi connectivity index (χ0) is 21.6. The van der Waals surface area contributed by atoms with Gasteiger partial charge in [0, 0.05) is 16.8 Å². The molecule has 4 saturated carbocycles. The monoisotopic (exact) mass is 440 g/mol. The van der Waals surface area contributed by atoms with Crippen LogP contribution < -0.4 is 14.8 Å². The number of amides is 1. The van der Waals surface area contributed by atoms with Crippen LogP contribution in [-0.4, -0.2) is 27.0 Å². The first kappa shape index (κ1) is 20.4. The molecule has 4 fully saturated rings. The highest BCUT2D eigenvalue weighted by atomic mass is 32.2. The maximum atomic E-state index is 13.1. The van der Waals surface area contributed by atoms with Gasteiger partial charge in [-0.1, -0.05) is 6.07 Å². The van der Waals surface area contributed by atoms with Gasteiger partial charge in [0.25, 0.3) is 15.9 Å². The average Bonchev–Trinajstić information content (AvgIpc) is 2.73. The fraction of sp³-hybridized carbons (Fsp3) is 0.458. The molecule has 0 spiro atoms. The molecule has 31 heavy (non-hydrogen) atoms. The van der Waals surface area contributed by atoms with E-state index < -0.39 is 10.0 Å². The summed E-state index contributed by atoms with van der Waals surface area (Å²) in [7, 11) is -2.26. The van der Waals surface area contributed by atoms with Crippen molar-refractivity contribution in [3.63, 3.8) is 0 Å².